The maximum Gasteiger partial charge on any atom is 0.338 e. The van der Waals surface area contributed by atoms with Crippen LogP contribution in [0, 0.1) is 0 Å². The molecule has 0 radical (unpaired) electrons. The van der Waals surface area contributed by atoms with E-state index in [-0.39, 0.29) is 17.1 Å². The second-order valence-electron chi connectivity index (χ2n) is 7.36. The molecule has 0 unspecified atom stereocenters. The molecule has 4 rings (SSSR count). The predicted molar refractivity (Wildman–Crippen MR) is 128 cm³/mol. The highest BCUT2D eigenvalue weighted by molar-refractivity contribution is 7.07. The number of aromatic nitrogens is 1. The standard InChI is InChI=1S/C24H21ClN2O6S/c1-12-19(23(30)33-4)20(15-11-14(25)8-9-16(15)31-2)27-22(29)18(34-24(27)26-12)10-13-6-5-7-17(32-3)21(13)28/h5-11,20,28H,1-4H3/b18-10-/t20-/m0/s1. The maximum absolute atomic E-state index is 13.6. The summed E-state index contributed by atoms with van der Waals surface area (Å²) in [5.41, 5.74) is 1.14. The van der Waals surface area contributed by atoms with Gasteiger partial charge in [0.1, 0.15) is 11.8 Å². The van der Waals surface area contributed by atoms with Crippen molar-refractivity contribution in [2.75, 3.05) is 21.3 Å². The summed E-state index contributed by atoms with van der Waals surface area (Å²) in [5, 5.41) is 10.9. The van der Waals surface area contributed by atoms with E-state index in [0.717, 1.165) is 11.3 Å². The largest absolute Gasteiger partial charge is 0.504 e. The smallest absolute Gasteiger partial charge is 0.338 e. The van der Waals surface area contributed by atoms with E-state index in [0.29, 0.717) is 36.9 Å². The number of allylic oxidation sites excluding steroid dienone is 1. The SMILES string of the molecule is COC(=O)C1=C(C)N=c2s/c(=C\c3cccc(OC)c3O)c(=O)n2[C@H]1c1cc(Cl)ccc1OC. The zero-order chi connectivity index (χ0) is 24.6. The normalized spacial score (nSPS) is 15.6. The van der Waals surface area contributed by atoms with Crippen LogP contribution in [0.15, 0.2) is 57.5 Å². The minimum absolute atomic E-state index is 0.0877. The molecular weight excluding hydrogens is 480 g/mol. The minimum atomic E-state index is -0.876. The van der Waals surface area contributed by atoms with Crippen LogP contribution in [0.4, 0.5) is 0 Å². The van der Waals surface area contributed by atoms with Gasteiger partial charge in [-0.1, -0.05) is 35.1 Å². The fraction of sp³-hybridized carbons (Fsp3) is 0.208. The van der Waals surface area contributed by atoms with Crippen LogP contribution >= 0.6 is 22.9 Å². The molecule has 0 fully saturated rings. The summed E-state index contributed by atoms with van der Waals surface area (Å²) in [4.78, 5) is 31.3. The first-order valence-corrected chi connectivity index (χ1v) is 11.3. The molecular formula is C24H21ClN2O6S. The number of nitrogens with zero attached hydrogens (tertiary/aromatic N) is 2. The Morgan fingerprint density at radius 1 is 1.18 bits per heavy atom. The van der Waals surface area contributed by atoms with Crippen LogP contribution in [0.2, 0.25) is 5.02 Å². The molecule has 0 spiro atoms. The number of aromatic hydroxyl groups is 1. The number of rotatable bonds is 5. The fourth-order valence-corrected chi connectivity index (χ4v) is 5.09. The van der Waals surface area contributed by atoms with Crippen LogP contribution in [0.3, 0.4) is 0 Å². The summed E-state index contributed by atoms with van der Waals surface area (Å²) < 4.78 is 17.4. The molecule has 0 saturated heterocycles. The van der Waals surface area contributed by atoms with Crippen molar-refractivity contribution in [1.82, 2.24) is 4.57 Å². The number of halogens is 1. The summed E-state index contributed by atoms with van der Waals surface area (Å²) in [7, 11) is 4.21. The summed E-state index contributed by atoms with van der Waals surface area (Å²) in [5.74, 6) is 0.0285. The van der Waals surface area contributed by atoms with Crippen LogP contribution in [0.5, 0.6) is 17.2 Å². The number of phenols is 1. The van der Waals surface area contributed by atoms with Gasteiger partial charge in [-0.25, -0.2) is 9.79 Å². The van der Waals surface area contributed by atoms with Gasteiger partial charge in [0.05, 0.1) is 37.1 Å². The first-order chi connectivity index (χ1) is 16.3. The van der Waals surface area contributed by atoms with Crippen molar-refractivity contribution in [3.63, 3.8) is 0 Å². The molecule has 1 atom stereocenters. The number of benzene rings is 2. The van der Waals surface area contributed by atoms with Crippen LogP contribution in [0.1, 0.15) is 24.1 Å². The first kappa shape index (κ1) is 23.6. The molecule has 1 N–H and O–H groups in total. The molecule has 1 aliphatic heterocycles. The number of hydrogen-bond acceptors (Lipinski definition) is 8. The van der Waals surface area contributed by atoms with E-state index in [4.69, 9.17) is 25.8 Å². The molecule has 10 heteroatoms. The molecule has 8 nitrogen and oxygen atoms in total. The molecule has 34 heavy (non-hydrogen) atoms. The van der Waals surface area contributed by atoms with Crippen molar-refractivity contribution < 1.29 is 24.1 Å². The molecule has 2 heterocycles. The third-order valence-electron chi connectivity index (χ3n) is 5.45. The number of esters is 1. The number of thiazole rings is 1. The Hall–Kier alpha value is -3.56. The molecule has 2 aromatic carbocycles. The maximum atomic E-state index is 13.6. The zero-order valence-corrected chi connectivity index (χ0v) is 20.4. The second-order valence-corrected chi connectivity index (χ2v) is 8.80. The highest BCUT2D eigenvalue weighted by Crippen LogP contribution is 2.37. The third kappa shape index (κ3) is 3.97. The average Bonchev–Trinajstić information content (AvgIpc) is 3.13. The van der Waals surface area contributed by atoms with Crippen LogP contribution < -0.4 is 24.4 Å². The first-order valence-electron chi connectivity index (χ1n) is 10.1. The summed E-state index contributed by atoms with van der Waals surface area (Å²) in [6.45, 7) is 1.68. The Bertz CT molecular complexity index is 1500. The Kier molecular flexibility index (Phi) is 6.49. The van der Waals surface area contributed by atoms with Crippen molar-refractivity contribution in [3.8, 4) is 17.2 Å². The van der Waals surface area contributed by atoms with Gasteiger partial charge in [0.2, 0.25) is 0 Å². The van der Waals surface area contributed by atoms with E-state index >= 15 is 0 Å². The third-order valence-corrected chi connectivity index (χ3v) is 6.67. The van der Waals surface area contributed by atoms with Gasteiger partial charge in [-0.05, 0) is 37.3 Å². The lowest BCUT2D eigenvalue weighted by Crippen LogP contribution is -2.40. The van der Waals surface area contributed by atoms with Gasteiger partial charge < -0.3 is 19.3 Å². The zero-order valence-electron chi connectivity index (χ0n) is 18.8. The lowest BCUT2D eigenvalue weighted by atomic mass is 9.95. The number of fused-ring (bicyclic) bond motifs is 1. The molecule has 176 valence electrons. The molecule has 0 amide bonds. The van der Waals surface area contributed by atoms with E-state index in [1.165, 1.54) is 25.9 Å². The minimum Gasteiger partial charge on any atom is -0.504 e. The number of para-hydroxylation sites is 1. The van der Waals surface area contributed by atoms with Crippen molar-refractivity contribution >= 4 is 35.0 Å². The van der Waals surface area contributed by atoms with Gasteiger partial charge in [0.25, 0.3) is 5.56 Å². The Labute approximate surface area is 203 Å². The van der Waals surface area contributed by atoms with E-state index in [2.05, 4.69) is 4.99 Å². The van der Waals surface area contributed by atoms with E-state index < -0.39 is 17.6 Å². The Balaban J connectivity index is 2.03. The summed E-state index contributed by atoms with van der Waals surface area (Å²) in [6.07, 6.45) is 1.56. The van der Waals surface area contributed by atoms with Crippen molar-refractivity contribution in [2.24, 2.45) is 4.99 Å². The number of phenolic OH excluding ortho intramolecular Hbond substituents is 1. The quantitative estimate of drug-likeness (QED) is 0.541. The van der Waals surface area contributed by atoms with Crippen LogP contribution in [0.25, 0.3) is 6.08 Å². The molecule has 3 aromatic rings. The number of hydrogen-bond donors (Lipinski definition) is 1. The monoisotopic (exact) mass is 500 g/mol. The number of carbonyl (C=O) groups is 1. The molecule has 0 saturated carbocycles. The van der Waals surface area contributed by atoms with Gasteiger partial charge >= 0.3 is 5.97 Å². The Morgan fingerprint density at radius 3 is 2.59 bits per heavy atom. The van der Waals surface area contributed by atoms with E-state index in [1.54, 1.807) is 49.4 Å². The second kappa shape index (κ2) is 9.36. The fourth-order valence-electron chi connectivity index (χ4n) is 3.87. The van der Waals surface area contributed by atoms with Gasteiger partial charge in [-0.2, -0.15) is 0 Å². The molecule has 0 bridgehead atoms. The predicted octanol–water partition coefficient (Wildman–Crippen LogP) is 2.78. The molecule has 1 aromatic heterocycles. The number of ether oxygens (including phenoxy) is 3. The average molecular weight is 501 g/mol. The lowest BCUT2D eigenvalue weighted by molar-refractivity contribution is -0.136. The molecule has 1 aliphatic rings. The van der Waals surface area contributed by atoms with Crippen molar-refractivity contribution in [2.45, 2.75) is 13.0 Å². The van der Waals surface area contributed by atoms with Gasteiger partial charge in [-0.15, -0.1) is 0 Å². The number of carbonyl (C=O) groups excluding carboxylic acids is 1. The van der Waals surface area contributed by atoms with Gasteiger partial charge in [0.15, 0.2) is 16.3 Å². The van der Waals surface area contributed by atoms with E-state index in [1.807, 2.05) is 0 Å². The number of methoxy groups -OCH3 is 3. The van der Waals surface area contributed by atoms with E-state index in [9.17, 15) is 14.7 Å². The summed E-state index contributed by atoms with van der Waals surface area (Å²) in [6, 6.07) is 9.10. The van der Waals surface area contributed by atoms with Gasteiger partial charge in [0, 0.05) is 16.1 Å². The van der Waals surface area contributed by atoms with Crippen molar-refractivity contribution in [1.29, 1.82) is 0 Å². The highest BCUT2D eigenvalue weighted by Gasteiger charge is 2.35. The highest BCUT2D eigenvalue weighted by atomic mass is 35.5. The lowest BCUT2D eigenvalue weighted by Gasteiger charge is -2.25. The van der Waals surface area contributed by atoms with Crippen LogP contribution in [-0.4, -0.2) is 37.0 Å². The Morgan fingerprint density at radius 2 is 1.91 bits per heavy atom. The summed E-state index contributed by atoms with van der Waals surface area (Å²) >= 11 is 7.41. The van der Waals surface area contributed by atoms with Crippen LogP contribution in [-0.2, 0) is 9.53 Å². The van der Waals surface area contributed by atoms with Crippen molar-refractivity contribution in [3.05, 3.63) is 83.5 Å². The topological polar surface area (TPSA) is 99.4 Å². The van der Waals surface area contributed by atoms with Gasteiger partial charge in [-0.3, -0.25) is 9.36 Å². The molecule has 0 aliphatic carbocycles.